The first-order valence-electron chi connectivity index (χ1n) is 11.4. The molecule has 0 fully saturated rings. The number of nitrogens with zero attached hydrogens (tertiary/aromatic N) is 3. The SMILES string of the molecule is CCCCCOc1ccc(Cc2nc(-c3ccc(C(=O)N(C)CC(N)=O)nc3)cs2)cc1C(F)(F)F. The van der Waals surface area contributed by atoms with Crippen LogP contribution >= 0.6 is 11.3 Å². The monoisotopic (exact) mass is 520 g/mol. The molecule has 2 heterocycles. The lowest BCUT2D eigenvalue weighted by Crippen LogP contribution is -2.35. The number of likely N-dealkylation sites (N-methyl/N-ethyl adjacent to an activating group) is 1. The van der Waals surface area contributed by atoms with Crippen molar-refractivity contribution in [1.82, 2.24) is 14.9 Å². The first kappa shape index (κ1) is 27.1. The maximum Gasteiger partial charge on any atom is 0.419 e. The largest absolute Gasteiger partial charge is 0.493 e. The molecule has 2 aromatic heterocycles. The van der Waals surface area contributed by atoms with Crippen molar-refractivity contribution in [3.05, 3.63) is 63.7 Å². The van der Waals surface area contributed by atoms with Gasteiger partial charge in [-0.15, -0.1) is 11.3 Å². The number of carbonyl (C=O) groups is 2. The minimum Gasteiger partial charge on any atom is -0.493 e. The second-order valence-electron chi connectivity index (χ2n) is 8.25. The van der Waals surface area contributed by atoms with Gasteiger partial charge in [0.25, 0.3) is 5.91 Å². The Balaban J connectivity index is 1.71. The Morgan fingerprint density at radius 3 is 2.58 bits per heavy atom. The Morgan fingerprint density at radius 2 is 1.94 bits per heavy atom. The van der Waals surface area contributed by atoms with Crippen molar-refractivity contribution >= 4 is 23.2 Å². The fourth-order valence-electron chi connectivity index (χ4n) is 3.44. The van der Waals surface area contributed by atoms with Gasteiger partial charge in [-0.05, 0) is 36.2 Å². The van der Waals surface area contributed by atoms with E-state index in [4.69, 9.17) is 10.5 Å². The fraction of sp³-hybridized carbons (Fsp3) is 0.360. The number of hydrogen-bond donors (Lipinski definition) is 1. The number of aromatic nitrogens is 2. The lowest BCUT2D eigenvalue weighted by molar-refractivity contribution is -0.139. The van der Waals surface area contributed by atoms with Crippen LogP contribution in [0.15, 0.2) is 41.9 Å². The Bertz CT molecular complexity index is 1200. The van der Waals surface area contributed by atoms with E-state index in [1.165, 1.54) is 41.6 Å². The number of amides is 2. The number of rotatable bonds is 11. The van der Waals surface area contributed by atoms with E-state index in [1.54, 1.807) is 17.5 Å². The number of nitrogens with two attached hydrogens (primary N) is 1. The number of pyridine rings is 1. The van der Waals surface area contributed by atoms with E-state index >= 15 is 0 Å². The van der Waals surface area contributed by atoms with E-state index in [0.29, 0.717) is 28.2 Å². The zero-order chi connectivity index (χ0) is 26.3. The van der Waals surface area contributed by atoms with E-state index in [0.717, 1.165) is 18.9 Å². The average Bonchev–Trinajstić information content (AvgIpc) is 3.29. The molecule has 192 valence electrons. The van der Waals surface area contributed by atoms with Crippen LogP contribution in [-0.2, 0) is 17.4 Å². The highest BCUT2D eigenvalue weighted by atomic mass is 32.1. The molecule has 7 nitrogen and oxygen atoms in total. The lowest BCUT2D eigenvalue weighted by atomic mass is 10.1. The summed E-state index contributed by atoms with van der Waals surface area (Å²) in [4.78, 5) is 33.1. The molecule has 0 atom stereocenters. The molecular weight excluding hydrogens is 493 g/mol. The zero-order valence-electron chi connectivity index (χ0n) is 20.0. The second kappa shape index (κ2) is 12.0. The normalized spacial score (nSPS) is 11.4. The number of ether oxygens (including phenoxy) is 1. The standard InChI is InChI=1S/C25H27F3N4O3S/c1-3-4-5-10-35-21-9-6-16(11-18(21)25(26,27)28)12-23-31-20(15-36-23)17-7-8-19(30-13-17)24(34)32(2)14-22(29)33/h6-9,11,13,15H,3-5,10,12,14H2,1-2H3,(H2,29,33). The van der Waals surface area contributed by atoms with Gasteiger partial charge in [0.1, 0.15) is 11.4 Å². The van der Waals surface area contributed by atoms with Gasteiger partial charge in [0.05, 0.1) is 29.4 Å². The second-order valence-corrected chi connectivity index (χ2v) is 9.19. The maximum absolute atomic E-state index is 13.6. The minimum atomic E-state index is -4.53. The van der Waals surface area contributed by atoms with Crippen molar-refractivity contribution in [3.63, 3.8) is 0 Å². The molecule has 2 amide bonds. The topological polar surface area (TPSA) is 98.4 Å². The summed E-state index contributed by atoms with van der Waals surface area (Å²) >= 11 is 1.32. The molecule has 0 unspecified atom stereocenters. The molecule has 0 aliphatic carbocycles. The van der Waals surface area contributed by atoms with Crippen LogP contribution in [0.4, 0.5) is 13.2 Å². The smallest absolute Gasteiger partial charge is 0.419 e. The van der Waals surface area contributed by atoms with Gasteiger partial charge in [0, 0.05) is 30.6 Å². The molecule has 2 N–H and O–H groups in total. The van der Waals surface area contributed by atoms with Gasteiger partial charge < -0.3 is 15.4 Å². The molecule has 0 aliphatic heterocycles. The Labute approximate surface area is 211 Å². The van der Waals surface area contributed by atoms with E-state index in [1.807, 2.05) is 6.92 Å². The number of hydrogen-bond acceptors (Lipinski definition) is 6. The number of halogens is 3. The van der Waals surface area contributed by atoms with Crippen LogP contribution < -0.4 is 10.5 Å². The summed E-state index contributed by atoms with van der Waals surface area (Å²) in [6, 6.07) is 7.29. The Hall–Kier alpha value is -3.47. The first-order valence-corrected chi connectivity index (χ1v) is 12.2. The average molecular weight is 521 g/mol. The van der Waals surface area contributed by atoms with Crippen molar-refractivity contribution in [2.75, 3.05) is 20.2 Å². The molecule has 0 saturated carbocycles. The number of thiazole rings is 1. The number of benzene rings is 1. The Morgan fingerprint density at radius 1 is 1.17 bits per heavy atom. The molecule has 0 radical (unpaired) electrons. The van der Waals surface area contributed by atoms with Crippen molar-refractivity contribution in [1.29, 1.82) is 0 Å². The van der Waals surface area contributed by atoms with E-state index in [2.05, 4.69) is 9.97 Å². The summed E-state index contributed by atoms with van der Waals surface area (Å²) in [5.74, 6) is -1.24. The Kier molecular flexibility index (Phi) is 9.03. The summed E-state index contributed by atoms with van der Waals surface area (Å²) in [7, 11) is 1.45. The maximum atomic E-state index is 13.6. The summed E-state index contributed by atoms with van der Waals surface area (Å²) in [5.41, 5.74) is 6.19. The molecule has 0 saturated heterocycles. The predicted octanol–water partition coefficient (Wildman–Crippen LogP) is 4.94. The van der Waals surface area contributed by atoms with Gasteiger partial charge in [-0.2, -0.15) is 13.2 Å². The molecule has 36 heavy (non-hydrogen) atoms. The fourth-order valence-corrected chi connectivity index (χ4v) is 4.28. The summed E-state index contributed by atoms with van der Waals surface area (Å²) in [6.45, 7) is 2.03. The van der Waals surface area contributed by atoms with E-state index in [9.17, 15) is 22.8 Å². The van der Waals surface area contributed by atoms with Gasteiger partial charge in [0.15, 0.2) is 0 Å². The third kappa shape index (κ3) is 7.27. The van der Waals surface area contributed by atoms with E-state index < -0.39 is 23.6 Å². The minimum absolute atomic E-state index is 0.148. The quantitative estimate of drug-likeness (QED) is 0.361. The predicted molar refractivity (Wildman–Crippen MR) is 131 cm³/mol. The van der Waals surface area contributed by atoms with Crippen LogP contribution in [0.5, 0.6) is 5.75 Å². The molecule has 0 bridgehead atoms. The van der Waals surface area contributed by atoms with Gasteiger partial charge in [0.2, 0.25) is 5.91 Å². The number of unbranched alkanes of at least 4 members (excludes halogenated alkanes) is 2. The third-order valence-electron chi connectivity index (χ3n) is 5.28. The number of alkyl halides is 3. The van der Waals surface area contributed by atoms with Crippen LogP contribution in [0.1, 0.15) is 52.8 Å². The summed E-state index contributed by atoms with van der Waals surface area (Å²) < 4.78 is 46.3. The van der Waals surface area contributed by atoms with Gasteiger partial charge >= 0.3 is 6.18 Å². The molecule has 1 aromatic carbocycles. The molecule has 3 aromatic rings. The first-order chi connectivity index (χ1) is 17.1. The number of carbonyl (C=O) groups excluding carboxylic acids is 2. The van der Waals surface area contributed by atoms with Gasteiger partial charge in [-0.25, -0.2) is 4.98 Å². The number of primary amides is 1. The van der Waals surface area contributed by atoms with Crippen molar-refractivity contribution < 1.29 is 27.5 Å². The lowest BCUT2D eigenvalue weighted by Gasteiger charge is -2.15. The van der Waals surface area contributed by atoms with Crippen molar-refractivity contribution in [2.24, 2.45) is 5.73 Å². The summed E-state index contributed by atoms with van der Waals surface area (Å²) in [6.07, 6.45) is -0.266. The van der Waals surface area contributed by atoms with Crippen LogP contribution in [0, 0.1) is 0 Å². The molecule has 11 heteroatoms. The highest BCUT2D eigenvalue weighted by Crippen LogP contribution is 2.37. The van der Waals surface area contributed by atoms with Crippen molar-refractivity contribution in [2.45, 2.75) is 38.8 Å². The highest BCUT2D eigenvalue weighted by molar-refractivity contribution is 7.10. The van der Waals surface area contributed by atoms with Gasteiger partial charge in [-0.3, -0.25) is 14.6 Å². The van der Waals surface area contributed by atoms with Crippen molar-refractivity contribution in [3.8, 4) is 17.0 Å². The van der Waals surface area contributed by atoms with Crippen LogP contribution in [0.25, 0.3) is 11.3 Å². The van der Waals surface area contributed by atoms with Crippen LogP contribution in [0.2, 0.25) is 0 Å². The van der Waals surface area contributed by atoms with E-state index in [-0.39, 0.29) is 31.0 Å². The molecule has 3 rings (SSSR count). The molecule has 0 aliphatic rings. The molecule has 0 spiro atoms. The third-order valence-corrected chi connectivity index (χ3v) is 6.13. The highest BCUT2D eigenvalue weighted by Gasteiger charge is 2.34. The molecular formula is C25H27F3N4O3S. The van der Waals surface area contributed by atoms with Crippen LogP contribution in [0.3, 0.4) is 0 Å². The van der Waals surface area contributed by atoms with Gasteiger partial charge in [-0.1, -0.05) is 25.8 Å². The van der Waals surface area contributed by atoms with Crippen LogP contribution in [-0.4, -0.2) is 46.9 Å². The zero-order valence-corrected chi connectivity index (χ0v) is 20.8. The summed E-state index contributed by atoms with van der Waals surface area (Å²) in [5, 5.41) is 2.42.